The Hall–Kier alpha value is -3.01. The number of rotatable bonds is 15. The lowest BCUT2D eigenvalue weighted by atomic mass is 9.78. The maximum atomic E-state index is 14.5. The van der Waals surface area contributed by atoms with E-state index in [-0.39, 0.29) is 35.8 Å². The first-order valence-corrected chi connectivity index (χ1v) is 25.9. The Kier molecular flexibility index (Phi) is 14.8. The summed E-state index contributed by atoms with van der Waals surface area (Å²) in [5.41, 5.74) is 3.04. The molecule has 10 nitrogen and oxygen atoms in total. The number of carbonyl (C=O) groups is 2. The molecule has 2 unspecified atom stereocenters. The molecule has 1 saturated heterocycles. The topological polar surface area (TPSA) is 115 Å². The van der Waals surface area contributed by atoms with Crippen molar-refractivity contribution in [1.82, 2.24) is 14.2 Å². The molecule has 1 aliphatic carbocycles. The zero-order valence-electron chi connectivity index (χ0n) is 38.0. The summed E-state index contributed by atoms with van der Waals surface area (Å²) in [5.74, 6) is 0.906. The van der Waals surface area contributed by atoms with Crippen molar-refractivity contribution in [3.05, 3.63) is 74.5 Å². The van der Waals surface area contributed by atoms with Crippen LogP contribution in [0.5, 0.6) is 0 Å². The molecule has 0 bridgehead atoms. The molecule has 4 aromatic rings. The zero-order valence-corrected chi connectivity index (χ0v) is 41.3. The maximum Gasteiger partial charge on any atom is 0.412 e. The Labute approximate surface area is 376 Å². The highest BCUT2D eigenvalue weighted by Crippen LogP contribution is 2.44. The van der Waals surface area contributed by atoms with Crippen LogP contribution in [0.3, 0.4) is 0 Å². The molecule has 334 valence electrons. The van der Waals surface area contributed by atoms with Gasteiger partial charge in [0.2, 0.25) is 10.0 Å². The highest BCUT2D eigenvalue weighted by molar-refractivity contribution is 8.00. The number of thiazole rings is 1. The van der Waals surface area contributed by atoms with Gasteiger partial charge >= 0.3 is 12.1 Å². The van der Waals surface area contributed by atoms with Crippen LogP contribution in [-0.2, 0) is 49.9 Å². The first kappa shape index (κ1) is 47.5. The SMILES string of the molecule is CSc1nc2ccc(S(=O)(=O)N(CC(C)C)C[C@H]3OC(C)(C)N(C(=O)OC(C)(C)C)[C@H]3Cc3ccc(CCc4sc5c(c4C(=O)OCC(C)C)C(C)C(C)CC5)cc3)cc2s1. The number of aryl methyl sites for hydroxylation is 3. The average molecular weight is 912 g/mol. The average Bonchev–Trinajstić information content (AvgIpc) is 3.84. The summed E-state index contributed by atoms with van der Waals surface area (Å²) >= 11 is 4.79. The second-order valence-corrected chi connectivity index (χ2v) is 24.3. The van der Waals surface area contributed by atoms with E-state index in [0.29, 0.717) is 24.9 Å². The molecular weight excluding hydrogens is 847 g/mol. The monoisotopic (exact) mass is 911 g/mol. The minimum Gasteiger partial charge on any atom is -0.462 e. The van der Waals surface area contributed by atoms with Gasteiger partial charge in [-0.25, -0.2) is 23.0 Å². The number of thiophene rings is 1. The quantitative estimate of drug-likeness (QED) is 0.0849. The minimum absolute atomic E-state index is 0.0285. The summed E-state index contributed by atoms with van der Waals surface area (Å²) in [4.78, 5) is 36.5. The molecule has 1 fully saturated rings. The number of benzene rings is 2. The largest absolute Gasteiger partial charge is 0.462 e. The number of esters is 1. The first-order valence-electron chi connectivity index (χ1n) is 21.6. The van der Waals surface area contributed by atoms with Crippen LogP contribution in [0.15, 0.2) is 51.7 Å². The van der Waals surface area contributed by atoms with Crippen LogP contribution in [0, 0.1) is 17.8 Å². The predicted molar refractivity (Wildman–Crippen MR) is 249 cm³/mol. The number of amides is 1. The number of hydrogen-bond acceptors (Lipinski definition) is 11. The fourth-order valence-electron chi connectivity index (χ4n) is 8.44. The molecule has 0 saturated carbocycles. The van der Waals surface area contributed by atoms with Crippen LogP contribution in [-0.4, -0.2) is 84.1 Å². The predicted octanol–water partition coefficient (Wildman–Crippen LogP) is 11.0. The summed E-state index contributed by atoms with van der Waals surface area (Å²) in [6, 6.07) is 13.0. The van der Waals surface area contributed by atoms with Crippen LogP contribution in [0.1, 0.15) is 125 Å². The standard InChI is InChI=1S/C47H65N3O7S4/c1-28(2)25-49(61(53,54)34-19-20-35-40(24-34)60-44(48-35)58-12)26-37-36(50(47(10,11)56-37)45(52)57-46(7,8)9)23-33-16-14-32(15-17-33)18-22-39-42(43(51)55-27-29(3)4)41-31(6)30(5)13-21-38(41)59-39/h14-17,19-20,24,28-31,36-37H,13,18,21-23,25-27H2,1-12H3/t30?,31?,36-,37+/m0/s1. The summed E-state index contributed by atoms with van der Waals surface area (Å²) in [6.07, 6.45) is 4.83. The van der Waals surface area contributed by atoms with E-state index >= 15 is 0 Å². The Morgan fingerprint density at radius 1 is 1.02 bits per heavy atom. The number of carbonyl (C=O) groups excluding carboxylic acids is 2. The third-order valence-corrected chi connectivity index (χ3v) is 16.7. The van der Waals surface area contributed by atoms with Crippen LogP contribution >= 0.6 is 34.4 Å². The van der Waals surface area contributed by atoms with Gasteiger partial charge in [-0.05, 0) is 132 Å². The van der Waals surface area contributed by atoms with E-state index in [2.05, 4.69) is 56.9 Å². The van der Waals surface area contributed by atoms with Crippen LogP contribution in [0.2, 0.25) is 0 Å². The molecule has 0 N–H and O–H groups in total. The lowest BCUT2D eigenvalue weighted by Gasteiger charge is -2.35. The van der Waals surface area contributed by atoms with Gasteiger partial charge in [-0.3, -0.25) is 4.90 Å². The lowest BCUT2D eigenvalue weighted by Crippen LogP contribution is -2.52. The zero-order chi connectivity index (χ0) is 44.6. The second-order valence-electron chi connectivity index (χ2n) is 19.1. The Morgan fingerprint density at radius 3 is 2.34 bits per heavy atom. The molecule has 2 aliphatic rings. The normalized spacial score (nSPS) is 20.5. The highest BCUT2D eigenvalue weighted by Gasteiger charge is 2.52. The Bertz CT molecular complexity index is 2290. The van der Waals surface area contributed by atoms with Crippen molar-refractivity contribution in [2.24, 2.45) is 17.8 Å². The highest BCUT2D eigenvalue weighted by atomic mass is 32.2. The van der Waals surface area contributed by atoms with Crippen molar-refractivity contribution >= 4 is 66.7 Å². The van der Waals surface area contributed by atoms with Crippen molar-refractivity contribution in [2.75, 3.05) is 26.0 Å². The number of ether oxygens (including phenoxy) is 3. The van der Waals surface area contributed by atoms with Crippen LogP contribution in [0.25, 0.3) is 10.2 Å². The summed E-state index contributed by atoms with van der Waals surface area (Å²) in [5, 5.41) is 0. The van der Waals surface area contributed by atoms with Gasteiger partial charge in [0.25, 0.3) is 0 Å². The number of hydrogen-bond donors (Lipinski definition) is 0. The van der Waals surface area contributed by atoms with Gasteiger partial charge in [-0.2, -0.15) is 4.31 Å². The fourth-order valence-corrected chi connectivity index (χ4v) is 13.1. The Balaban J connectivity index is 1.26. The van der Waals surface area contributed by atoms with E-state index in [1.54, 1.807) is 34.4 Å². The number of nitrogens with zero attached hydrogens (tertiary/aromatic N) is 3. The molecule has 1 amide bonds. The number of fused-ring (bicyclic) bond motifs is 2. The molecule has 2 aromatic carbocycles. The summed E-state index contributed by atoms with van der Waals surface area (Å²) in [7, 11) is -3.97. The van der Waals surface area contributed by atoms with E-state index in [1.165, 1.54) is 37.8 Å². The van der Waals surface area contributed by atoms with Crippen molar-refractivity contribution in [3.8, 4) is 0 Å². The van der Waals surface area contributed by atoms with Gasteiger partial charge in [-0.15, -0.1) is 22.7 Å². The van der Waals surface area contributed by atoms with Crippen molar-refractivity contribution in [3.63, 3.8) is 0 Å². The third kappa shape index (κ3) is 11.0. The smallest absolute Gasteiger partial charge is 0.412 e. The molecule has 0 radical (unpaired) electrons. The number of sulfonamides is 1. The van der Waals surface area contributed by atoms with Gasteiger partial charge < -0.3 is 14.2 Å². The van der Waals surface area contributed by atoms with Gasteiger partial charge in [0.05, 0.1) is 39.4 Å². The number of aromatic nitrogens is 1. The van der Waals surface area contributed by atoms with Gasteiger partial charge in [0.1, 0.15) is 11.3 Å². The molecule has 1 aliphatic heterocycles. The molecule has 3 heterocycles. The summed E-state index contributed by atoms with van der Waals surface area (Å²) < 4.78 is 50.8. The van der Waals surface area contributed by atoms with Crippen LogP contribution in [0.4, 0.5) is 4.79 Å². The first-order chi connectivity index (χ1) is 28.6. The Morgan fingerprint density at radius 2 is 1.70 bits per heavy atom. The second kappa shape index (κ2) is 19.0. The molecular formula is C47H65N3O7S4. The van der Waals surface area contributed by atoms with Gasteiger partial charge in [0, 0.05) is 22.8 Å². The van der Waals surface area contributed by atoms with Gasteiger partial charge in [-0.1, -0.05) is 77.6 Å². The lowest BCUT2D eigenvalue weighted by molar-refractivity contribution is -0.0807. The van der Waals surface area contributed by atoms with E-state index in [9.17, 15) is 18.0 Å². The van der Waals surface area contributed by atoms with E-state index in [4.69, 9.17) is 14.2 Å². The van der Waals surface area contributed by atoms with Crippen molar-refractivity contribution < 1.29 is 32.2 Å². The molecule has 6 rings (SSSR count). The van der Waals surface area contributed by atoms with E-state index < -0.39 is 39.6 Å². The fraction of sp³-hybridized carbons (Fsp3) is 0.596. The molecule has 14 heteroatoms. The van der Waals surface area contributed by atoms with Gasteiger partial charge in [0.15, 0.2) is 4.34 Å². The molecule has 4 atom stereocenters. The number of thioether (sulfide) groups is 1. The van der Waals surface area contributed by atoms with Crippen LogP contribution < -0.4 is 0 Å². The maximum absolute atomic E-state index is 14.5. The van der Waals surface area contributed by atoms with E-state index in [1.807, 2.05) is 54.7 Å². The van der Waals surface area contributed by atoms with Crippen molar-refractivity contribution in [2.45, 2.75) is 147 Å². The minimum atomic E-state index is -3.97. The van der Waals surface area contributed by atoms with Crippen molar-refractivity contribution in [1.29, 1.82) is 0 Å². The molecule has 0 spiro atoms. The third-order valence-electron chi connectivity index (χ3n) is 11.6. The van der Waals surface area contributed by atoms with E-state index in [0.717, 1.165) is 61.8 Å². The molecule has 61 heavy (non-hydrogen) atoms. The molecule has 2 aromatic heterocycles. The summed E-state index contributed by atoms with van der Waals surface area (Å²) in [6.45, 7) is 22.5.